The number of nitrogens with two attached hydrogens (primary N) is 1. The summed E-state index contributed by atoms with van der Waals surface area (Å²) in [6, 6.07) is -0.835. The minimum absolute atomic E-state index is 0.116. The number of hydrogen-bond donors (Lipinski definition) is 3. The molecule has 1 saturated heterocycles. The first-order valence-corrected chi connectivity index (χ1v) is 9.48. The number of anilines is 1. The van der Waals surface area contributed by atoms with Crippen LogP contribution in [0.15, 0.2) is 21.8 Å². The quantitative estimate of drug-likeness (QED) is 0.204. The summed E-state index contributed by atoms with van der Waals surface area (Å²) in [5.74, 6) is -1.15. The second-order valence-corrected chi connectivity index (χ2v) is 7.80. The van der Waals surface area contributed by atoms with Crippen molar-refractivity contribution in [3.63, 3.8) is 0 Å². The smallest absolute Gasteiger partial charge is 0.355 e. The number of carbonyl (C=O) groups is 3. The van der Waals surface area contributed by atoms with Crippen molar-refractivity contribution in [2.24, 2.45) is 5.16 Å². The van der Waals surface area contributed by atoms with E-state index in [1.54, 1.807) is 6.92 Å². The van der Waals surface area contributed by atoms with Gasteiger partial charge in [0.1, 0.15) is 28.9 Å². The maximum Gasteiger partial charge on any atom is 0.355 e. The molecule has 1 fully saturated rings. The Kier molecular flexibility index (Phi) is 3.88. The van der Waals surface area contributed by atoms with Gasteiger partial charge in [-0.25, -0.2) is 9.78 Å². The largest absolute Gasteiger partial charge is 0.453 e. The van der Waals surface area contributed by atoms with Gasteiger partial charge in [0.15, 0.2) is 10.8 Å². The lowest BCUT2D eigenvalue weighted by molar-refractivity contribution is -0.151. The number of aromatic nitrogens is 1. The Hall–Kier alpha value is -2.60. The number of cyclic esters (lactones) is 1. The van der Waals surface area contributed by atoms with E-state index in [0.29, 0.717) is 5.75 Å². The second-order valence-electron chi connectivity index (χ2n) is 5.80. The van der Waals surface area contributed by atoms with E-state index in [2.05, 4.69) is 15.5 Å². The molecule has 0 aromatic carbocycles. The van der Waals surface area contributed by atoms with Gasteiger partial charge in [-0.05, 0) is 6.92 Å². The number of thioether (sulfide) groups is 1. The number of thiazole rings is 1. The van der Waals surface area contributed by atoms with Gasteiger partial charge in [0.25, 0.3) is 11.8 Å². The Morgan fingerprint density at radius 2 is 2.31 bits per heavy atom. The number of carbonyl (C=O) groups excluding carboxylic acids is 3. The summed E-state index contributed by atoms with van der Waals surface area (Å²) in [6.45, 7) is 1.76. The first kappa shape index (κ1) is 16.8. The van der Waals surface area contributed by atoms with Crippen molar-refractivity contribution >= 4 is 51.7 Å². The summed E-state index contributed by atoms with van der Waals surface area (Å²) >= 11 is 2.52. The summed E-state index contributed by atoms with van der Waals surface area (Å²) in [7, 11) is 0. The van der Waals surface area contributed by atoms with E-state index in [-0.39, 0.29) is 28.3 Å². The van der Waals surface area contributed by atoms with E-state index in [1.807, 2.05) is 0 Å². The summed E-state index contributed by atoms with van der Waals surface area (Å²) < 4.78 is 5.16. The molecule has 136 valence electrons. The van der Waals surface area contributed by atoms with Crippen LogP contribution in [0.1, 0.15) is 12.6 Å². The normalized spacial score (nSPS) is 27.7. The fraction of sp³-hybridized carbons (Fsp3) is 0.357. The molecule has 0 aliphatic carbocycles. The Morgan fingerprint density at radius 3 is 2.96 bits per heavy atom. The summed E-state index contributed by atoms with van der Waals surface area (Å²) in [6.07, 6.45) is -0.351. The number of nitrogens with zero attached hydrogens (tertiary/aromatic N) is 3. The molecule has 3 aliphatic rings. The Bertz CT molecular complexity index is 894. The highest BCUT2D eigenvalue weighted by atomic mass is 32.2. The van der Waals surface area contributed by atoms with Crippen LogP contribution in [0.3, 0.4) is 0 Å². The zero-order chi connectivity index (χ0) is 18.6. The number of amides is 2. The van der Waals surface area contributed by atoms with Crippen LogP contribution in [0.4, 0.5) is 5.13 Å². The first-order chi connectivity index (χ1) is 12.4. The molecule has 0 bridgehead atoms. The number of nitrogens with one attached hydrogen (secondary N) is 1. The van der Waals surface area contributed by atoms with Crippen molar-refractivity contribution in [3.05, 3.63) is 22.3 Å². The molecule has 0 saturated carbocycles. The van der Waals surface area contributed by atoms with Crippen LogP contribution in [0.2, 0.25) is 0 Å². The second kappa shape index (κ2) is 5.99. The zero-order valence-electron chi connectivity index (χ0n) is 13.3. The average Bonchev–Trinajstić information content (AvgIpc) is 3.15. The minimum Gasteiger partial charge on any atom is -0.453 e. The third-order valence-corrected chi connectivity index (χ3v) is 6.31. The molecular formula is C14H13N5O5S2. The van der Waals surface area contributed by atoms with Crippen LogP contribution in [0, 0.1) is 0 Å². The number of fused-ring (bicyclic) bond motifs is 2. The van der Waals surface area contributed by atoms with E-state index < -0.39 is 29.2 Å². The van der Waals surface area contributed by atoms with E-state index in [1.165, 1.54) is 22.0 Å². The van der Waals surface area contributed by atoms with Crippen molar-refractivity contribution < 1.29 is 24.3 Å². The van der Waals surface area contributed by atoms with Gasteiger partial charge in [0, 0.05) is 16.7 Å². The molecule has 3 atom stereocenters. The highest BCUT2D eigenvalue weighted by molar-refractivity contribution is 8.00. The van der Waals surface area contributed by atoms with Gasteiger partial charge < -0.3 is 21.0 Å². The lowest BCUT2D eigenvalue weighted by Gasteiger charge is -2.48. The van der Waals surface area contributed by atoms with Gasteiger partial charge >= 0.3 is 5.97 Å². The molecule has 10 nitrogen and oxygen atoms in total. The molecule has 0 spiro atoms. The minimum atomic E-state index is -0.835. The van der Waals surface area contributed by atoms with Gasteiger partial charge in [0.05, 0.1) is 0 Å². The van der Waals surface area contributed by atoms with Crippen LogP contribution in [-0.4, -0.2) is 61.9 Å². The fourth-order valence-corrected chi connectivity index (χ4v) is 5.05. The SMILES string of the molecule is CC1OC(=O)C2=C1CSC1[C@H](NC(=O)/C(=N\O)c3csc(N)n3)C(=O)N21. The molecule has 0 radical (unpaired) electrons. The molecule has 1 aromatic heterocycles. The molecule has 2 amide bonds. The van der Waals surface area contributed by atoms with Crippen molar-refractivity contribution in [1.82, 2.24) is 15.2 Å². The molecule has 3 aliphatic heterocycles. The first-order valence-electron chi connectivity index (χ1n) is 7.55. The topological polar surface area (TPSA) is 147 Å². The fourth-order valence-electron chi connectivity index (χ4n) is 3.05. The Balaban J connectivity index is 1.51. The third kappa shape index (κ3) is 2.36. The third-order valence-electron chi connectivity index (χ3n) is 4.33. The van der Waals surface area contributed by atoms with E-state index in [9.17, 15) is 14.4 Å². The van der Waals surface area contributed by atoms with E-state index in [0.717, 1.165) is 16.9 Å². The molecular weight excluding hydrogens is 382 g/mol. The van der Waals surface area contributed by atoms with E-state index >= 15 is 0 Å². The summed E-state index contributed by atoms with van der Waals surface area (Å²) in [5, 5.41) is 15.9. The van der Waals surface area contributed by atoms with Gasteiger partial charge in [-0.15, -0.1) is 23.1 Å². The highest BCUT2D eigenvalue weighted by Gasteiger charge is 2.56. The van der Waals surface area contributed by atoms with E-state index in [4.69, 9.17) is 15.7 Å². The summed E-state index contributed by atoms with van der Waals surface area (Å²) in [5.41, 5.74) is 6.36. The van der Waals surface area contributed by atoms with Gasteiger partial charge in [-0.1, -0.05) is 5.16 Å². The van der Waals surface area contributed by atoms with Gasteiger partial charge in [-0.2, -0.15) is 0 Å². The van der Waals surface area contributed by atoms with Crippen LogP contribution in [0.5, 0.6) is 0 Å². The predicted octanol–water partition coefficient (Wildman–Crippen LogP) is -0.497. The average molecular weight is 395 g/mol. The predicted molar refractivity (Wildman–Crippen MR) is 92.5 cm³/mol. The molecule has 4 heterocycles. The highest BCUT2D eigenvalue weighted by Crippen LogP contribution is 2.44. The number of ether oxygens (including phenoxy) is 1. The van der Waals surface area contributed by atoms with Gasteiger partial charge in [-0.3, -0.25) is 14.5 Å². The van der Waals surface area contributed by atoms with Gasteiger partial charge in [0.2, 0.25) is 0 Å². The molecule has 4 rings (SSSR count). The van der Waals surface area contributed by atoms with Crippen molar-refractivity contribution in [2.75, 3.05) is 11.5 Å². The lowest BCUT2D eigenvalue weighted by Crippen LogP contribution is -2.70. The summed E-state index contributed by atoms with van der Waals surface area (Å²) in [4.78, 5) is 42.1. The Labute approximate surface area is 155 Å². The standard InChI is InChI=1S/C14H13N5O5S2/c1-4-5-2-25-12-8(11(21)19(12)9(5)13(22)24-4)17-10(20)7(18-23)6-3-26-14(15)16-6/h3-4,8,12,23H,2H2,1H3,(H2,15,16)(H,17,20)/b18-7-/t4?,8-,12?/m1/s1. The van der Waals surface area contributed by atoms with Crippen LogP contribution in [0.25, 0.3) is 0 Å². The maximum absolute atomic E-state index is 12.5. The lowest BCUT2D eigenvalue weighted by atomic mass is 10.0. The van der Waals surface area contributed by atoms with Crippen LogP contribution in [-0.2, 0) is 19.1 Å². The molecule has 4 N–H and O–H groups in total. The number of esters is 1. The van der Waals surface area contributed by atoms with Crippen molar-refractivity contribution in [3.8, 4) is 0 Å². The number of hydrogen-bond acceptors (Lipinski definition) is 10. The molecule has 1 aromatic rings. The van der Waals surface area contributed by atoms with Crippen LogP contribution >= 0.6 is 23.1 Å². The Morgan fingerprint density at radius 1 is 1.54 bits per heavy atom. The number of β-lactam (4-membered cyclic amide) rings is 1. The zero-order valence-corrected chi connectivity index (χ0v) is 15.0. The van der Waals surface area contributed by atoms with Crippen LogP contribution < -0.4 is 11.1 Å². The van der Waals surface area contributed by atoms with Crippen molar-refractivity contribution in [1.29, 1.82) is 0 Å². The molecule has 26 heavy (non-hydrogen) atoms. The number of oxime groups is 1. The monoisotopic (exact) mass is 395 g/mol. The maximum atomic E-state index is 12.5. The number of rotatable bonds is 3. The molecule has 12 heteroatoms. The molecule has 2 unspecified atom stereocenters. The van der Waals surface area contributed by atoms with Crippen molar-refractivity contribution in [2.45, 2.75) is 24.4 Å². The number of nitrogen functional groups attached to an aromatic ring is 1.